The summed E-state index contributed by atoms with van der Waals surface area (Å²) in [5.74, 6) is 1.57. The zero-order chi connectivity index (χ0) is 19.5. The van der Waals surface area contributed by atoms with Gasteiger partial charge in [-0.15, -0.1) is 0 Å². The number of fused-ring (bicyclic) bond motifs is 1. The molecule has 1 saturated heterocycles. The molecule has 2 heterocycles. The maximum Gasteiger partial charge on any atom is 0.238 e. The lowest BCUT2D eigenvalue weighted by Gasteiger charge is -2.34. The summed E-state index contributed by atoms with van der Waals surface area (Å²) in [7, 11) is 0. The lowest BCUT2D eigenvalue weighted by Crippen LogP contribution is -2.48. The molecule has 0 atom stereocenters. The number of hydrogen-bond acceptors (Lipinski definition) is 5. The summed E-state index contributed by atoms with van der Waals surface area (Å²) in [6.07, 6.45) is 0. The van der Waals surface area contributed by atoms with Crippen LogP contribution in [0.3, 0.4) is 0 Å². The molecule has 2 aliphatic heterocycles. The van der Waals surface area contributed by atoms with Crippen molar-refractivity contribution in [3.05, 3.63) is 52.0 Å². The summed E-state index contributed by atoms with van der Waals surface area (Å²) in [5.41, 5.74) is 1.86. The average molecular weight is 422 g/mol. The van der Waals surface area contributed by atoms with E-state index in [4.69, 9.17) is 32.7 Å². The van der Waals surface area contributed by atoms with E-state index in [1.54, 1.807) is 18.2 Å². The standard InChI is InChI=1S/C20H21Cl2N3O3/c21-16-3-2-15(10-17(16)22)23-20(26)12-25-7-5-24(6-8-25)11-14-1-4-18-19(9-14)28-13-27-18/h1-4,9-10H,5-8,11-13H2,(H,23,26). The van der Waals surface area contributed by atoms with Crippen LogP contribution in [0.4, 0.5) is 5.69 Å². The smallest absolute Gasteiger partial charge is 0.238 e. The minimum atomic E-state index is -0.0531. The largest absolute Gasteiger partial charge is 0.454 e. The van der Waals surface area contributed by atoms with Gasteiger partial charge in [-0.2, -0.15) is 0 Å². The number of carbonyl (C=O) groups excluding carboxylic acids is 1. The molecule has 148 valence electrons. The average Bonchev–Trinajstić information content (AvgIpc) is 3.14. The quantitative estimate of drug-likeness (QED) is 0.800. The summed E-state index contributed by atoms with van der Waals surface area (Å²) in [6.45, 7) is 5.03. The van der Waals surface area contributed by atoms with Crippen LogP contribution in [-0.4, -0.2) is 55.2 Å². The van der Waals surface area contributed by atoms with E-state index in [2.05, 4.69) is 21.2 Å². The van der Waals surface area contributed by atoms with Crippen LogP contribution in [-0.2, 0) is 11.3 Å². The van der Waals surface area contributed by atoms with Crippen molar-refractivity contribution < 1.29 is 14.3 Å². The van der Waals surface area contributed by atoms with Crippen LogP contribution < -0.4 is 14.8 Å². The summed E-state index contributed by atoms with van der Waals surface area (Å²) in [6, 6.07) is 11.2. The molecule has 6 nitrogen and oxygen atoms in total. The van der Waals surface area contributed by atoms with Gasteiger partial charge in [-0.1, -0.05) is 29.3 Å². The Hall–Kier alpha value is -1.99. The van der Waals surface area contributed by atoms with Gasteiger partial charge in [0, 0.05) is 38.4 Å². The van der Waals surface area contributed by atoms with Gasteiger partial charge in [-0.3, -0.25) is 14.6 Å². The van der Waals surface area contributed by atoms with E-state index in [0.717, 1.165) is 44.2 Å². The Bertz CT molecular complexity index is 870. The van der Waals surface area contributed by atoms with Gasteiger partial charge in [0.2, 0.25) is 12.7 Å². The summed E-state index contributed by atoms with van der Waals surface area (Å²) in [4.78, 5) is 16.8. The molecule has 2 aromatic carbocycles. The number of carbonyl (C=O) groups is 1. The highest BCUT2D eigenvalue weighted by atomic mass is 35.5. The first-order valence-electron chi connectivity index (χ1n) is 9.15. The normalized spacial score (nSPS) is 16.9. The van der Waals surface area contributed by atoms with Crippen molar-refractivity contribution in [2.45, 2.75) is 6.54 Å². The number of benzene rings is 2. The number of halogens is 2. The van der Waals surface area contributed by atoms with Gasteiger partial charge >= 0.3 is 0 Å². The van der Waals surface area contributed by atoms with E-state index in [0.29, 0.717) is 29.1 Å². The van der Waals surface area contributed by atoms with Crippen LogP contribution in [0.15, 0.2) is 36.4 Å². The van der Waals surface area contributed by atoms with Crippen LogP contribution in [0.2, 0.25) is 10.0 Å². The highest BCUT2D eigenvalue weighted by Gasteiger charge is 2.20. The predicted molar refractivity (Wildman–Crippen MR) is 109 cm³/mol. The van der Waals surface area contributed by atoms with Crippen molar-refractivity contribution in [3.8, 4) is 11.5 Å². The van der Waals surface area contributed by atoms with Crippen molar-refractivity contribution in [1.29, 1.82) is 0 Å². The van der Waals surface area contributed by atoms with Crippen LogP contribution in [0.1, 0.15) is 5.56 Å². The van der Waals surface area contributed by atoms with Gasteiger partial charge in [0.25, 0.3) is 0 Å². The minimum absolute atomic E-state index is 0.0531. The summed E-state index contributed by atoms with van der Waals surface area (Å²) < 4.78 is 10.8. The molecule has 0 bridgehead atoms. The predicted octanol–water partition coefficient (Wildman–Crippen LogP) is 3.48. The number of amides is 1. The highest BCUT2D eigenvalue weighted by Crippen LogP contribution is 2.32. The fraction of sp³-hybridized carbons (Fsp3) is 0.350. The van der Waals surface area contributed by atoms with Gasteiger partial charge in [0.15, 0.2) is 11.5 Å². The van der Waals surface area contributed by atoms with Gasteiger partial charge in [0.05, 0.1) is 16.6 Å². The van der Waals surface area contributed by atoms with E-state index in [1.807, 2.05) is 12.1 Å². The number of hydrogen-bond donors (Lipinski definition) is 1. The van der Waals surface area contributed by atoms with Crippen LogP contribution in [0.25, 0.3) is 0 Å². The second-order valence-electron chi connectivity index (χ2n) is 6.92. The molecule has 4 rings (SSSR count). The Balaban J connectivity index is 1.23. The van der Waals surface area contributed by atoms with Crippen LogP contribution in [0.5, 0.6) is 11.5 Å². The third-order valence-corrected chi connectivity index (χ3v) is 5.62. The number of rotatable bonds is 5. The number of nitrogens with one attached hydrogen (secondary N) is 1. The molecule has 1 amide bonds. The zero-order valence-corrected chi connectivity index (χ0v) is 16.8. The maximum absolute atomic E-state index is 12.3. The Morgan fingerprint density at radius 2 is 1.68 bits per heavy atom. The molecular weight excluding hydrogens is 401 g/mol. The Morgan fingerprint density at radius 1 is 0.929 bits per heavy atom. The third-order valence-electron chi connectivity index (χ3n) is 4.88. The number of nitrogens with zero attached hydrogens (tertiary/aromatic N) is 2. The molecule has 0 unspecified atom stereocenters. The molecule has 0 spiro atoms. The maximum atomic E-state index is 12.3. The van der Waals surface area contributed by atoms with Crippen molar-refractivity contribution in [3.63, 3.8) is 0 Å². The van der Waals surface area contributed by atoms with E-state index in [9.17, 15) is 4.79 Å². The third kappa shape index (κ3) is 4.70. The molecule has 1 N–H and O–H groups in total. The first-order chi connectivity index (χ1) is 13.6. The molecule has 28 heavy (non-hydrogen) atoms. The monoisotopic (exact) mass is 421 g/mol. The van der Waals surface area contributed by atoms with E-state index in [-0.39, 0.29) is 5.91 Å². The lowest BCUT2D eigenvalue weighted by molar-refractivity contribution is -0.117. The minimum Gasteiger partial charge on any atom is -0.454 e. The Morgan fingerprint density at radius 3 is 2.46 bits per heavy atom. The summed E-state index contributed by atoms with van der Waals surface area (Å²) >= 11 is 11.9. The summed E-state index contributed by atoms with van der Waals surface area (Å²) in [5, 5.41) is 3.77. The lowest BCUT2D eigenvalue weighted by atomic mass is 10.1. The van der Waals surface area contributed by atoms with E-state index < -0.39 is 0 Å². The highest BCUT2D eigenvalue weighted by molar-refractivity contribution is 6.42. The van der Waals surface area contributed by atoms with Gasteiger partial charge in [-0.05, 0) is 35.9 Å². The first kappa shape index (κ1) is 19.3. The van der Waals surface area contributed by atoms with Crippen molar-refractivity contribution >= 4 is 34.8 Å². The van der Waals surface area contributed by atoms with Crippen LogP contribution in [0, 0.1) is 0 Å². The van der Waals surface area contributed by atoms with Gasteiger partial charge in [0.1, 0.15) is 0 Å². The molecule has 1 fully saturated rings. The topological polar surface area (TPSA) is 54.0 Å². The molecular formula is C20H21Cl2N3O3. The number of ether oxygens (including phenoxy) is 2. The SMILES string of the molecule is O=C(CN1CCN(Cc2ccc3c(c2)OCO3)CC1)Nc1ccc(Cl)c(Cl)c1. The molecule has 0 aliphatic carbocycles. The van der Waals surface area contributed by atoms with Crippen molar-refractivity contribution in [2.24, 2.45) is 0 Å². The molecule has 2 aromatic rings. The van der Waals surface area contributed by atoms with Gasteiger partial charge < -0.3 is 14.8 Å². The zero-order valence-electron chi connectivity index (χ0n) is 15.3. The van der Waals surface area contributed by atoms with E-state index >= 15 is 0 Å². The van der Waals surface area contributed by atoms with E-state index in [1.165, 1.54) is 5.56 Å². The fourth-order valence-electron chi connectivity index (χ4n) is 3.38. The second-order valence-corrected chi connectivity index (χ2v) is 7.73. The van der Waals surface area contributed by atoms with Gasteiger partial charge in [-0.25, -0.2) is 0 Å². The second kappa shape index (κ2) is 8.57. The first-order valence-corrected chi connectivity index (χ1v) is 9.90. The number of anilines is 1. The van der Waals surface area contributed by atoms with Crippen molar-refractivity contribution in [1.82, 2.24) is 9.80 Å². The molecule has 2 aliphatic rings. The number of piperazine rings is 1. The molecule has 8 heteroatoms. The fourth-order valence-corrected chi connectivity index (χ4v) is 3.68. The molecule has 0 saturated carbocycles. The molecule has 0 aromatic heterocycles. The Kier molecular flexibility index (Phi) is 5.92. The molecule has 0 radical (unpaired) electrons. The Labute approximate surface area is 173 Å². The van der Waals surface area contributed by atoms with Crippen molar-refractivity contribution in [2.75, 3.05) is 44.8 Å². The van der Waals surface area contributed by atoms with Crippen LogP contribution >= 0.6 is 23.2 Å².